The van der Waals surface area contributed by atoms with Crippen LogP contribution in [0.3, 0.4) is 0 Å². The van der Waals surface area contributed by atoms with Crippen molar-refractivity contribution < 1.29 is 21.7 Å². The molecule has 0 saturated heterocycles. The molecule has 1 aromatic carbocycles. The van der Waals surface area contributed by atoms with Gasteiger partial charge >= 0.3 is 23.1 Å². The monoisotopic (exact) mass is 292 g/mol. The van der Waals surface area contributed by atoms with E-state index >= 15 is 0 Å². The molecule has 1 nitrogen and oxygen atoms in total. The minimum absolute atomic E-state index is 0. The van der Waals surface area contributed by atoms with Crippen LogP contribution in [-0.4, -0.2) is 29.2 Å². The molecule has 0 N–H and O–H groups in total. The van der Waals surface area contributed by atoms with E-state index in [-0.39, 0.29) is 40.0 Å². The van der Waals surface area contributed by atoms with Crippen LogP contribution in [0.1, 0.15) is 37.7 Å². The first kappa shape index (κ1) is 16.3. The van der Waals surface area contributed by atoms with Crippen LogP contribution in [0.15, 0.2) is 18.2 Å². The minimum Gasteiger partial charge on any atom is -1.00 e. The zero-order valence-electron chi connectivity index (χ0n) is 9.84. The van der Waals surface area contributed by atoms with Crippen molar-refractivity contribution in [2.24, 2.45) is 0 Å². The van der Waals surface area contributed by atoms with Gasteiger partial charge in [-0.15, -0.1) is 12.1 Å². The Morgan fingerprint density at radius 1 is 1.19 bits per heavy atom. The molecule has 1 aliphatic rings. The molecule has 0 unspecified atom stereocenters. The molecule has 0 aliphatic heterocycles. The average Bonchev–Trinajstić information content (AvgIpc) is 2.23. The molecule has 3 heteroatoms. The Morgan fingerprint density at radius 2 is 1.88 bits per heavy atom. The topological polar surface area (TPSA) is 9.23 Å². The molecule has 84 valence electrons. The number of hydrogen-bond acceptors (Lipinski definition) is 1. The van der Waals surface area contributed by atoms with E-state index in [1.54, 1.807) is 0 Å². The molecule has 0 heterocycles. The first-order valence-corrected chi connectivity index (χ1v) is 5.49. The maximum Gasteiger partial charge on any atom is 2.00 e. The van der Waals surface area contributed by atoms with Crippen LogP contribution >= 0.6 is 0 Å². The van der Waals surface area contributed by atoms with Crippen molar-refractivity contribution in [3.63, 3.8) is 0 Å². The summed E-state index contributed by atoms with van der Waals surface area (Å²) in [5.41, 5.74) is 1.24. The molecule has 1 aromatic rings. The van der Waals surface area contributed by atoms with Crippen molar-refractivity contribution >= 4 is 23.1 Å². The van der Waals surface area contributed by atoms with Gasteiger partial charge in [-0.25, -0.2) is 0 Å². The molecule has 1 fully saturated rings. The molecule has 0 spiro atoms. The van der Waals surface area contributed by atoms with Gasteiger partial charge in [0.2, 0.25) is 0 Å². The van der Waals surface area contributed by atoms with Crippen molar-refractivity contribution in [2.45, 2.75) is 45.1 Å². The summed E-state index contributed by atoms with van der Waals surface area (Å²) in [5.74, 6) is 0.905. The molecule has 0 radical (unpaired) electrons. The van der Waals surface area contributed by atoms with Gasteiger partial charge in [-0.3, -0.25) is 0 Å². The fraction of sp³-hybridized carbons (Fsp3) is 0.538. The second-order valence-electron chi connectivity index (χ2n) is 4.11. The number of aryl methyl sites for hydroxylation is 1. The number of hydrogen-bond donors (Lipinski definition) is 0. The molecular weight excluding hydrogens is 276 g/mol. The predicted octanol–water partition coefficient (Wildman–Crippen LogP) is 0.130. The van der Waals surface area contributed by atoms with Crippen LogP contribution in [-0.2, 0) is 0 Å². The summed E-state index contributed by atoms with van der Waals surface area (Å²) in [6.45, 7) is 2.07. The first-order chi connectivity index (χ1) is 6.84. The van der Waals surface area contributed by atoms with E-state index in [1.165, 1.54) is 37.7 Å². The number of rotatable bonds is 2. The Bertz CT molecular complexity index is 280. The summed E-state index contributed by atoms with van der Waals surface area (Å²) in [6, 6.07) is 9.24. The molecule has 0 amide bonds. The van der Waals surface area contributed by atoms with E-state index in [2.05, 4.69) is 19.1 Å². The summed E-state index contributed by atoms with van der Waals surface area (Å²) >= 11 is 0. The van der Waals surface area contributed by atoms with E-state index < -0.39 is 0 Å². The van der Waals surface area contributed by atoms with Crippen LogP contribution in [0.25, 0.3) is 0 Å². The van der Waals surface area contributed by atoms with Gasteiger partial charge in [0.05, 0.1) is 6.10 Å². The molecule has 0 bridgehead atoms. The Morgan fingerprint density at radius 3 is 2.44 bits per heavy atom. The number of halogens is 1. The summed E-state index contributed by atoms with van der Waals surface area (Å²) in [5, 5.41) is 0. The molecule has 1 aliphatic carbocycles. The Hall–Kier alpha value is 0.266. The van der Waals surface area contributed by atoms with Crippen LogP contribution in [0.5, 0.6) is 5.75 Å². The maximum atomic E-state index is 5.85. The minimum atomic E-state index is 0. The molecular formula is C13H17BrMgO. The Labute approximate surface area is 125 Å². The van der Waals surface area contributed by atoms with Crippen LogP contribution in [0.4, 0.5) is 0 Å². The van der Waals surface area contributed by atoms with Crippen molar-refractivity contribution in [1.82, 2.24) is 0 Å². The van der Waals surface area contributed by atoms with Gasteiger partial charge in [0.1, 0.15) is 0 Å². The van der Waals surface area contributed by atoms with Crippen LogP contribution in [0.2, 0.25) is 0 Å². The normalized spacial score (nSPS) is 15.8. The fourth-order valence-corrected chi connectivity index (χ4v) is 1.92. The van der Waals surface area contributed by atoms with Crippen molar-refractivity contribution in [2.75, 3.05) is 0 Å². The van der Waals surface area contributed by atoms with E-state index in [0.717, 1.165) is 5.75 Å². The number of benzene rings is 1. The summed E-state index contributed by atoms with van der Waals surface area (Å²) in [4.78, 5) is 0. The van der Waals surface area contributed by atoms with Gasteiger partial charge in [-0.2, -0.15) is 17.7 Å². The fourth-order valence-electron chi connectivity index (χ4n) is 1.92. The van der Waals surface area contributed by atoms with Gasteiger partial charge in [0.25, 0.3) is 0 Å². The van der Waals surface area contributed by atoms with E-state index in [1.807, 2.05) is 12.1 Å². The molecule has 1 saturated carbocycles. The molecule has 0 atom stereocenters. The third-order valence-corrected chi connectivity index (χ3v) is 2.79. The van der Waals surface area contributed by atoms with Gasteiger partial charge < -0.3 is 21.7 Å². The second kappa shape index (κ2) is 8.37. The Balaban J connectivity index is 0.00000112. The smallest absolute Gasteiger partial charge is 1.00 e. The summed E-state index contributed by atoms with van der Waals surface area (Å²) in [7, 11) is 0. The van der Waals surface area contributed by atoms with Gasteiger partial charge in [-0.05, 0) is 25.7 Å². The summed E-state index contributed by atoms with van der Waals surface area (Å²) in [6.07, 6.45) is 6.86. The van der Waals surface area contributed by atoms with Gasteiger partial charge in [-0.1, -0.05) is 13.3 Å². The average molecular weight is 293 g/mol. The third-order valence-electron chi connectivity index (χ3n) is 2.79. The van der Waals surface area contributed by atoms with Gasteiger partial charge in [0.15, 0.2) is 0 Å². The van der Waals surface area contributed by atoms with Crippen molar-refractivity contribution in [3.8, 4) is 5.75 Å². The second-order valence-corrected chi connectivity index (χ2v) is 4.11. The molecule has 2 rings (SSSR count). The van der Waals surface area contributed by atoms with Crippen LogP contribution < -0.4 is 21.7 Å². The third kappa shape index (κ3) is 5.06. The van der Waals surface area contributed by atoms with E-state index in [4.69, 9.17) is 4.74 Å². The van der Waals surface area contributed by atoms with Crippen LogP contribution in [0, 0.1) is 13.0 Å². The standard InChI is InChI=1S/C13H17O.BrH.Mg/c1-11-7-9-13(10-8-11)14-12-5-3-2-4-6-12;;/h7-9,12H,2-6H2,1H3;1H;/q-1;;+2/p-1. The van der Waals surface area contributed by atoms with E-state index in [9.17, 15) is 0 Å². The van der Waals surface area contributed by atoms with Crippen molar-refractivity contribution in [1.29, 1.82) is 0 Å². The zero-order valence-corrected chi connectivity index (χ0v) is 12.8. The number of ether oxygens (including phenoxy) is 1. The molecule has 0 aromatic heterocycles. The predicted molar refractivity (Wildman–Crippen MR) is 63.3 cm³/mol. The largest absolute Gasteiger partial charge is 2.00 e. The quantitative estimate of drug-likeness (QED) is 0.556. The van der Waals surface area contributed by atoms with Gasteiger partial charge in [0, 0.05) is 5.75 Å². The SMILES string of the molecule is Cc1c[c-]c(OC2CCCCC2)cc1.[Br-].[Mg+2]. The first-order valence-electron chi connectivity index (χ1n) is 5.49. The maximum absolute atomic E-state index is 5.85. The Kier molecular flexibility index (Phi) is 8.51. The van der Waals surface area contributed by atoms with Crippen molar-refractivity contribution in [3.05, 3.63) is 29.8 Å². The zero-order chi connectivity index (χ0) is 9.80. The van der Waals surface area contributed by atoms with E-state index in [0.29, 0.717) is 6.10 Å². The summed E-state index contributed by atoms with van der Waals surface area (Å²) < 4.78 is 5.85. The molecule has 16 heavy (non-hydrogen) atoms.